The van der Waals surface area contributed by atoms with Gasteiger partial charge in [-0.1, -0.05) is 5.16 Å². The predicted molar refractivity (Wildman–Crippen MR) is 70.2 cm³/mol. The van der Waals surface area contributed by atoms with Crippen LogP contribution in [-0.4, -0.2) is 47.9 Å². The lowest BCUT2D eigenvalue weighted by Crippen LogP contribution is -2.15. The van der Waals surface area contributed by atoms with Crippen LogP contribution in [0.1, 0.15) is 5.82 Å². The molecule has 0 saturated heterocycles. The zero-order chi connectivity index (χ0) is 13.8. The first-order valence-electron chi connectivity index (χ1n) is 5.95. The van der Waals surface area contributed by atoms with E-state index in [1.165, 1.54) is 7.11 Å². The molecule has 1 aromatic heterocycles. The highest BCUT2D eigenvalue weighted by Crippen LogP contribution is 2.30. The lowest BCUT2D eigenvalue weighted by molar-refractivity contribution is 0.373. The van der Waals surface area contributed by atoms with Crippen molar-refractivity contribution in [3.63, 3.8) is 0 Å². The maximum absolute atomic E-state index is 9.71. The molecule has 6 heteroatoms. The third kappa shape index (κ3) is 3.23. The molecule has 0 amide bonds. The molecular formula is C13H17N3O3. The first kappa shape index (κ1) is 13.4. The Labute approximate surface area is 111 Å². The number of ether oxygens (including phenoxy) is 1. The number of methoxy groups -OCH3 is 1. The summed E-state index contributed by atoms with van der Waals surface area (Å²) in [7, 11) is 5.48. The van der Waals surface area contributed by atoms with Crippen LogP contribution in [0.5, 0.6) is 11.5 Å². The SMILES string of the molecule is COc1ccc(-c2nc(CCN(C)C)no2)cc1O. The fourth-order valence-corrected chi connectivity index (χ4v) is 1.62. The minimum absolute atomic E-state index is 0.0491. The minimum atomic E-state index is 0.0491. The number of benzene rings is 1. The molecule has 0 aliphatic carbocycles. The number of aromatic nitrogens is 2. The lowest BCUT2D eigenvalue weighted by atomic mass is 10.2. The Balaban J connectivity index is 2.16. The van der Waals surface area contributed by atoms with Gasteiger partial charge in [-0.25, -0.2) is 0 Å². The van der Waals surface area contributed by atoms with Gasteiger partial charge in [0.15, 0.2) is 17.3 Å². The second-order valence-corrected chi connectivity index (χ2v) is 4.46. The molecule has 102 valence electrons. The van der Waals surface area contributed by atoms with Crippen molar-refractivity contribution in [2.45, 2.75) is 6.42 Å². The standard InChI is InChI=1S/C13H17N3O3/c1-16(2)7-6-12-14-13(19-15-12)9-4-5-11(18-3)10(17)8-9/h4-5,8,17H,6-7H2,1-3H3. The zero-order valence-corrected chi connectivity index (χ0v) is 11.3. The van der Waals surface area contributed by atoms with Crippen LogP contribution in [0.4, 0.5) is 0 Å². The topological polar surface area (TPSA) is 71.6 Å². The second kappa shape index (κ2) is 5.71. The maximum Gasteiger partial charge on any atom is 0.258 e. The molecule has 1 aromatic carbocycles. The van der Waals surface area contributed by atoms with Crippen LogP contribution in [0.3, 0.4) is 0 Å². The monoisotopic (exact) mass is 263 g/mol. The molecule has 0 fully saturated rings. The average molecular weight is 263 g/mol. The Bertz CT molecular complexity index is 552. The molecule has 2 rings (SSSR count). The third-order valence-corrected chi connectivity index (χ3v) is 2.68. The zero-order valence-electron chi connectivity index (χ0n) is 11.3. The summed E-state index contributed by atoms with van der Waals surface area (Å²) in [6, 6.07) is 4.97. The number of rotatable bonds is 5. The molecule has 0 radical (unpaired) electrons. The molecule has 0 atom stereocenters. The fraction of sp³-hybridized carbons (Fsp3) is 0.385. The number of likely N-dealkylation sites (N-methyl/N-ethyl adjacent to an activating group) is 1. The highest BCUT2D eigenvalue weighted by atomic mass is 16.5. The van der Waals surface area contributed by atoms with Crippen molar-refractivity contribution >= 4 is 0 Å². The van der Waals surface area contributed by atoms with Gasteiger partial charge >= 0.3 is 0 Å². The summed E-state index contributed by atoms with van der Waals surface area (Å²) in [5.41, 5.74) is 0.668. The van der Waals surface area contributed by atoms with Crippen molar-refractivity contribution in [3.8, 4) is 23.0 Å². The van der Waals surface area contributed by atoms with Crippen molar-refractivity contribution in [1.82, 2.24) is 15.0 Å². The summed E-state index contributed by atoms with van der Waals surface area (Å²) in [4.78, 5) is 6.34. The summed E-state index contributed by atoms with van der Waals surface area (Å²) in [5.74, 6) is 1.51. The van der Waals surface area contributed by atoms with Crippen LogP contribution >= 0.6 is 0 Å². The van der Waals surface area contributed by atoms with Gasteiger partial charge in [-0.3, -0.25) is 0 Å². The number of hydrogen-bond donors (Lipinski definition) is 1. The first-order valence-corrected chi connectivity index (χ1v) is 5.95. The van der Waals surface area contributed by atoms with Crippen LogP contribution in [0.25, 0.3) is 11.5 Å². The van der Waals surface area contributed by atoms with Gasteiger partial charge in [0, 0.05) is 18.5 Å². The Morgan fingerprint density at radius 1 is 1.37 bits per heavy atom. The van der Waals surface area contributed by atoms with Crippen molar-refractivity contribution in [1.29, 1.82) is 0 Å². The number of phenols is 1. The summed E-state index contributed by atoms with van der Waals surface area (Å²) in [5, 5.41) is 13.6. The molecule has 1 heterocycles. The van der Waals surface area contributed by atoms with Crippen LogP contribution in [0.2, 0.25) is 0 Å². The molecule has 0 spiro atoms. The number of phenolic OH excluding ortho intramolecular Hbond substituents is 1. The van der Waals surface area contributed by atoms with Gasteiger partial charge in [0.25, 0.3) is 5.89 Å². The van der Waals surface area contributed by atoms with E-state index < -0.39 is 0 Å². The Morgan fingerprint density at radius 3 is 2.79 bits per heavy atom. The maximum atomic E-state index is 9.71. The Hall–Kier alpha value is -2.08. The van der Waals surface area contributed by atoms with E-state index in [1.54, 1.807) is 18.2 Å². The van der Waals surface area contributed by atoms with Crippen LogP contribution in [-0.2, 0) is 6.42 Å². The van der Waals surface area contributed by atoms with Crippen molar-refractivity contribution in [3.05, 3.63) is 24.0 Å². The summed E-state index contributed by atoms with van der Waals surface area (Å²) in [6.07, 6.45) is 0.721. The van der Waals surface area contributed by atoms with E-state index in [0.29, 0.717) is 23.0 Å². The average Bonchev–Trinajstić information content (AvgIpc) is 2.85. The molecule has 0 aliphatic heterocycles. The smallest absolute Gasteiger partial charge is 0.258 e. The molecule has 0 saturated carbocycles. The predicted octanol–water partition coefficient (Wildman–Crippen LogP) is 1.55. The normalized spacial score (nSPS) is 10.9. The van der Waals surface area contributed by atoms with E-state index in [2.05, 4.69) is 15.0 Å². The van der Waals surface area contributed by atoms with Gasteiger partial charge in [0.05, 0.1) is 7.11 Å². The van der Waals surface area contributed by atoms with Gasteiger partial charge in [-0.2, -0.15) is 4.98 Å². The van der Waals surface area contributed by atoms with E-state index in [-0.39, 0.29) is 5.75 Å². The van der Waals surface area contributed by atoms with E-state index in [9.17, 15) is 5.11 Å². The summed E-state index contributed by atoms with van der Waals surface area (Å²) in [6.45, 7) is 0.854. The van der Waals surface area contributed by atoms with Gasteiger partial charge < -0.3 is 19.3 Å². The van der Waals surface area contributed by atoms with E-state index in [0.717, 1.165) is 13.0 Å². The van der Waals surface area contributed by atoms with Crippen molar-refractivity contribution in [2.75, 3.05) is 27.7 Å². The van der Waals surface area contributed by atoms with Gasteiger partial charge in [0.2, 0.25) is 0 Å². The van der Waals surface area contributed by atoms with Crippen molar-refractivity contribution in [2.24, 2.45) is 0 Å². The molecule has 19 heavy (non-hydrogen) atoms. The van der Waals surface area contributed by atoms with Crippen LogP contribution < -0.4 is 4.74 Å². The molecule has 0 aliphatic rings. The van der Waals surface area contributed by atoms with E-state index in [1.807, 2.05) is 14.1 Å². The first-order chi connectivity index (χ1) is 9.10. The molecule has 0 unspecified atom stereocenters. The van der Waals surface area contributed by atoms with Gasteiger partial charge in [-0.05, 0) is 32.3 Å². The van der Waals surface area contributed by atoms with E-state index >= 15 is 0 Å². The lowest BCUT2D eigenvalue weighted by Gasteiger charge is -2.05. The van der Waals surface area contributed by atoms with Crippen LogP contribution in [0.15, 0.2) is 22.7 Å². The molecule has 2 aromatic rings. The number of aromatic hydroxyl groups is 1. The van der Waals surface area contributed by atoms with E-state index in [4.69, 9.17) is 9.26 Å². The van der Waals surface area contributed by atoms with Crippen molar-refractivity contribution < 1.29 is 14.4 Å². The molecule has 1 N–H and O–H groups in total. The number of hydrogen-bond acceptors (Lipinski definition) is 6. The number of nitrogens with zero attached hydrogens (tertiary/aromatic N) is 3. The fourth-order valence-electron chi connectivity index (χ4n) is 1.62. The Morgan fingerprint density at radius 2 is 2.16 bits per heavy atom. The third-order valence-electron chi connectivity index (χ3n) is 2.68. The molecular weight excluding hydrogens is 246 g/mol. The highest BCUT2D eigenvalue weighted by molar-refractivity contribution is 5.59. The van der Waals surface area contributed by atoms with Gasteiger partial charge in [0.1, 0.15) is 0 Å². The minimum Gasteiger partial charge on any atom is -0.504 e. The van der Waals surface area contributed by atoms with Crippen LogP contribution in [0, 0.1) is 0 Å². The second-order valence-electron chi connectivity index (χ2n) is 4.46. The van der Waals surface area contributed by atoms with Gasteiger partial charge in [-0.15, -0.1) is 0 Å². The largest absolute Gasteiger partial charge is 0.504 e. The Kier molecular flexibility index (Phi) is 4.01. The summed E-state index contributed by atoms with van der Waals surface area (Å²) < 4.78 is 10.2. The highest BCUT2D eigenvalue weighted by Gasteiger charge is 2.11. The summed E-state index contributed by atoms with van der Waals surface area (Å²) >= 11 is 0. The molecule has 6 nitrogen and oxygen atoms in total. The quantitative estimate of drug-likeness (QED) is 0.882. The molecule has 0 bridgehead atoms.